The van der Waals surface area contributed by atoms with Gasteiger partial charge in [0.15, 0.2) is 0 Å². The second kappa shape index (κ2) is 5.51. The Balaban J connectivity index is 2.37. The normalized spacial score (nSPS) is 12.2. The highest BCUT2D eigenvalue weighted by Gasteiger charge is 2.20. The molecule has 0 aliphatic heterocycles. The predicted molar refractivity (Wildman–Crippen MR) is 77.9 cm³/mol. The van der Waals surface area contributed by atoms with E-state index in [9.17, 15) is 9.59 Å². The number of hydrogen-bond donors (Lipinski definition) is 1. The number of ketones is 1. The molecule has 0 aliphatic carbocycles. The molecule has 1 aromatic carbocycles. The van der Waals surface area contributed by atoms with Crippen LogP contribution in [0.4, 0.5) is 0 Å². The minimum absolute atomic E-state index is 0.118. The van der Waals surface area contributed by atoms with Crippen LogP contribution in [0.5, 0.6) is 0 Å². The zero-order valence-electron chi connectivity index (χ0n) is 11.3. The SMILES string of the molecule is CC(C(N)=O)c1ccc(C(=O)c2ccc(Cl)cc2)n1C. The van der Waals surface area contributed by atoms with Crippen molar-refractivity contribution in [2.75, 3.05) is 0 Å². The lowest BCUT2D eigenvalue weighted by molar-refractivity contribution is -0.119. The highest BCUT2D eigenvalue weighted by atomic mass is 35.5. The number of halogens is 1. The number of benzene rings is 1. The molecular weight excluding hydrogens is 276 g/mol. The van der Waals surface area contributed by atoms with E-state index in [0.29, 0.717) is 16.3 Å². The summed E-state index contributed by atoms with van der Waals surface area (Å²) in [5.74, 6) is -0.976. The molecule has 104 valence electrons. The van der Waals surface area contributed by atoms with Crippen molar-refractivity contribution in [3.8, 4) is 0 Å². The molecule has 0 bridgehead atoms. The Hall–Kier alpha value is -2.07. The second-order valence-corrected chi connectivity index (χ2v) is 5.10. The third kappa shape index (κ3) is 2.60. The Morgan fingerprint density at radius 3 is 2.30 bits per heavy atom. The number of nitrogens with two attached hydrogens (primary N) is 1. The number of aromatic nitrogens is 1. The van der Waals surface area contributed by atoms with Crippen molar-refractivity contribution >= 4 is 23.3 Å². The molecule has 2 rings (SSSR count). The summed E-state index contributed by atoms with van der Waals surface area (Å²) < 4.78 is 1.70. The van der Waals surface area contributed by atoms with Crippen LogP contribution >= 0.6 is 11.6 Å². The lowest BCUT2D eigenvalue weighted by atomic mass is 10.1. The summed E-state index contributed by atoms with van der Waals surface area (Å²) in [7, 11) is 1.75. The first-order valence-electron chi connectivity index (χ1n) is 6.17. The van der Waals surface area contributed by atoms with Gasteiger partial charge in [0, 0.05) is 23.3 Å². The van der Waals surface area contributed by atoms with Crippen LogP contribution in [0.3, 0.4) is 0 Å². The van der Waals surface area contributed by atoms with Crippen molar-refractivity contribution in [2.24, 2.45) is 12.8 Å². The van der Waals surface area contributed by atoms with Gasteiger partial charge in [0.25, 0.3) is 0 Å². The van der Waals surface area contributed by atoms with Crippen LogP contribution in [0.1, 0.15) is 34.6 Å². The van der Waals surface area contributed by atoms with Gasteiger partial charge in [-0.1, -0.05) is 11.6 Å². The van der Waals surface area contributed by atoms with Crippen LogP contribution in [-0.4, -0.2) is 16.3 Å². The molecule has 0 saturated carbocycles. The number of amides is 1. The number of carbonyl (C=O) groups is 2. The Kier molecular flexibility index (Phi) is 3.95. The average Bonchev–Trinajstić information content (AvgIpc) is 2.79. The first kappa shape index (κ1) is 14.3. The van der Waals surface area contributed by atoms with E-state index in [1.807, 2.05) is 0 Å². The van der Waals surface area contributed by atoms with E-state index in [1.165, 1.54) is 0 Å². The molecule has 2 N–H and O–H groups in total. The quantitative estimate of drug-likeness (QED) is 0.879. The lowest BCUT2D eigenvalue weighted by Crippen LogP contribution is -2.21. The Bertz CT molecular complexity index is 659. The highest BCUT2D eigenvalue weighted by molar-refractivity contribution is 6.30. The molecule has 2 aromatic rings. The molecular formula is C15H15ClN2O2. The summed E-state index contributed by atoms with van der Waals surface area (Å²) in [6, 6.07) is 10.1. The van der Waals surface area contributed by atoms with E-state index in [2.05, 4.69) is 0 Å². The summed E-state index contributed by atoms with van der Waals surface area (Å²) in [4.78, 5) is 23.7. The van der Waals surface area contributed by atoms with Crippen LogP contribution < -0.4 is 5.73 Å². The van der Waals surface area contributed by atoms with E-state index in [0.717, 1.165) is 5.69 Å². The van der Waals surface area contributed by atoms with E-state index >= 15 is 0 Å². The minimum Gasteiger partial charge on any atom is -0.369 e. The zero-order valence-corrected chi connectivity index (χ0v) is 12.0. The number of rotatable bonds is 4. The number of hydrogen-bond acceptors (Lipinski definition) is 2. The van der Waals surface area contributed by atoms with E-state index in [4.69, 9.17) is 17.3 Å². The number of nitrogens with zero attached hydrogens (tertiary/aromatic N) is 1. The van der Waals surface area contributed by atoms with E-state index in [1.54, 1.807) is 54.9 Å². The van der Waals surface area contributed by atoms with E-state index in [-0.39, 0.29) is 5.78 Å². The fourth-order valence-electron chi connectivity index (χ4n) is 2.08. The Morgan fingerprint density at radius 1 is 1.15 bits per heavy atom. The van der Waals surface area contributed by atoms with Gasteiger partial charge in [-0.05, 0) is 43.3 Å². The smallest absolute Gasteiger partial charge is 0.226 e. The Morgan fingerprint density at radius 2 is 1.75 bits per heavy atom. The standard InChI is InChI=1S/C15H15ClN2O2/c1-9(15(17)20)12-7-8-13(18(12)2)14(19)10-3-5-11(16)6-4-10/h3-9H,1-2H3,(H2,17,20). The molecule has 1 aromatic heterocycles. The first-order chi connectivity index (χ1) is 9.41. The maximum Gasteiger partial charge on any atom is 0.226 e. The van der Waals surface area contributed by atoms with Gasteiger partial charge in [0.05, 0.1) is 11.6 Å². The van der Waals surface area contributed by atoms with Gasteiger partial charge in [0.1, 0.15) is 0 Å². The Labute approximate surface area is 122 Å². The molecule has 0 spiro atoms. The molecule has 20 heavy (non-hydrogen) atoms. The average molecular weight is 291 g/mol. The molecule has 1 unspecified atom stereocenters. The summed E-state index contributed by atoms with van der Waals surface area (Å²) >= 11 is 5.81. The second-order valence-electron chi connectivity index (χ2n) is 4.66. The fraction of sp³-hybridized carbons (Fsp3) is 0.200. The maximum atomic E-state index is 12.4. The summed E-state index contributed by atoms with van der Waals surface area (Å²) in [5, 5.41) is 0.580. The lowest BCUT2D eigenvalue weighted by Gasteiger charge is -2.11. The minimum atomic E-state index is -0.438. The van der Waals surface area contributed by atoms with Gasteiger partial charge in [-0.15, -0.1) is 0 Å². The molecule has 4 nitrogen and oxygen atoms in total. The van der Waals surface area contributed by atoms with Gasteiger partial charge in [0.2, 0.25) is 11.7 Å². The summed E-state index contributed by atoms with van der Waals surface area (Å²) in [6.07, 6.45) is 0. The molecule has 0 saturated heterocycles. The first-order valence-corrected chi connectivity index (χ1v) is 6.55. The highest BCUT2D eigenvalue weighted by Crippen LogP contribution is 2.20. The van der Waals surface area contributed by atoms with Crippen LogP contribution in [0.15, 0.2) is 36.4 Å². The predicted octanol–water partition coefficient (Wildman–Crippen LogP) is 2.50. The molecule has 1 atom stereocenters. The fourth-order valence-corrected chi connectivity index (χ4v) is 2.21. The third-order valence-corrected chi connectivity index (χ3v) is 3.62. The molecule has 1 amide bonds. The van der Waals surface area contributed by atoms with Crippen LogP contribution in [0.25, 0.3) is 0 Å². The van der Waals surface area contributed by atoms with Crippen LogP contribution in [-0.2, 0) is 11.8 Å². The van der Waals surface area contributed by atoms with Gasteiger partial charge in [-0.25, -0.2) is 0 Å². The van der Waals surface area contributed by atoms with Crippen LogP contribution in [0, 0.1) is 0 Å². The van der Waals surface area contributed by atoms with Gasteiger partial charge >= 0.3 is 0 Å². The molecule has 5 heteroatoms. The van der Waals surface area contributed by atoms with Gasteiger partial charge < -0.3 is 10.3 Å². The maximum absolute atomic E-state index is 12.4. The van der Waals surface area contributed by atoms with Crippen LogP contribution in [0.2, 0.25) is 5.02 Å². The monoisotopic (exact) mass is 290 g/mol. The number of carbonyl (C=O) groups excluding carboxylic acids is 2. The largest absolute Gasteiger partial charge is 0.369 e. The van der Waals surface area contributed by atoms with Gasteiger partial charge in [-0.2, -0.15) is 0 Å². The summed E-state index contributed by atoms with van der Waals surface area (Å²) in [6.45, 7) is 1.72. The van der Waals surface area contributed by atoms with Crippen molar-refractivity contribution in [3.05, 3.63) is 58.4 Å². The topological polar surface area (TPSA) is 65.1 Å². The van der Waals surface area contributed by atoms with Crippen molar-refractivity contribution in [1.29, 1.82) is 0 Å². The van der Waals surface area contributed by atoms with E-state index < -0.39 is 11.8 Å². The zero-order chi connectivity index (χ0) is 14.9. The molecule has 0 radical (unpaired) electrons. The van der Waals surface area contributed by atoms with Crippen molar-refractivity contribution < 1.29 is 9.59 Å². The molecule has 1 heterocycles. The molecule has 0 fully saturated rings. The van der Waals surface area contributed by atoms with Crippen molar-refractivity contribution in [1.82, 2.24) is 4.57 Å². The van der Waals surface area contributed by atoms with Crippen molar-refractivity contribution in [2.45, 2.75) is 12.8 Å². The molecule has 0 aliphatic rings. The summed E-state index contributed by atoms with van der Waals surface area (Å²) in [5.41, 5.74) is 7.08. The number of primary amides is 1. The van der Waals surface area contributed by atoms with Crippen molar-refractivity contribution in [3.63, 3.8) is 0 Å². The van der Waals surface area contributed by atoms with Gasteiger partial charge in [-0.3, -0.25) is 9.59 Å². The third-order valence-electron chi connectivity index (χ3n) is 3.37.